The third kappa shape index (κ3) is 15.1. The van der Waals surface area contributed by atoms with Crippen LogP contribution < -0.4 is 10.5 Å². The first-order valence-electron chi connectivity index (χ1n) is 17.5. The molecule has 0 radical (unpaired) electrons. The number of pyridine rings is 1. The smallest absolute Gasteiger partial charge is 0.472 e. The summed E-state index contributed by atoms with van der Waals surface area (Å²) in [5, 5.41) is 13.3. The first-order valence-corrected chi connectivity index (χ1v) is 19.0. The molecule has 0 aliphatic carbocycles. The van der Waals surface area contributed by atoms with Gasteiger partial charge < -0.3 is 24.8 Å². The largest absolute Gasteiger partial charge is 0.484 e. The third-order valence-corrected chi connectivity index (χ3v) is 9.45. The molecule has 0 aromatic carbocycles. The number of fused-ring (bicyclic) bond motifs is 1. The van der Waals surface area contributed by atoms with Crippen LogP contribution in [0.3, 0.4) is 0 Å². The number of methoxy groups -OCH3 is 1. The summed E-state index contributed by atoms with van der Waals surface area (Å²) in [6.07, 6.45) is 18.1. The van der Waals surface area contributed by atoms with Crippen LogP contribution in [0.2, 0.25) is 0 Å². The fourth-order valence-electron chi connectivity index (χ4n) is 5.34. The molecule has 14 heteroatoms. The summed E-state index contributed by atoms with van der Waals surface area (Å²) in [4.78, 5) is 18.6. The maximum absolute atomic E-state index is 12.9. The molecular formula is C35H55N6O7P. The van der Waals surface area contributed by atoms with Crippen molar-refractivity contribution < 1.29 is 32.7 Å². The summed E-state index contributed by atoms with van der Waals surface area (Å²) in [6.45, 7) is 4.24. The molecule has 3 rings (SSSR count). The van der Waals surface area contributed by atoms with Crippen molar-refractivity contribution in [1.82, 2.24) is 19.6 Å². The molecule has 0 aliphatic rings. The zero-order valence-corrected chi connectivity index (χ0v) is 30.3. The third-order valence-electron chi connectivity index (χ3n) is 8.52. The number of anilines is 1. The highest BCUT2D eigenvalue weighted by atomic mass is 31.2. The van der Waals surface area contributed by atoms with E-state index in [2.05, 4.69) is 22.0 Å². The van der Waals surface area contributed by atoms with Gasteiger partial charge in [0.05, 0.1) is 31.6 Å². The number of nitrogen functional groups attached to an aromatic ring is 1. The maximum Gasteiger partial charge on any atom is 0.472 e. The summed E-state index contributed by atoms with van der Waals surface area (Å²) >= 11 is 0. The Morgan fingerprint density at radius 1 is 0.980 bits per heavy atom. The van der Waals surface area contributed by atoms with Gasteiger partial charge in [-0.25, -0.2) is 19.0 Å². The number of ether oxygens (including phenoxy) is 3. The second kappa shape index (κ2) is 21.9. The van der Waals surface area contributed by atoms with E-state index in [1.807, 2.05) is 18.2 Å². The molecule has 3 aromatic rings. The Bertz CT molecular complexity index is 1450. The Morgan fingerprint density at radius 2 is 1.67 bits per heavy atom. The van der Waals surface area contributed by atoms with Crippen molar-refractivity contribution in [3.05, 3.63) is 48.2 Å². The van der Waals surface area contributed by atoms with Gasteiger partial charge in [0.2, 0.25) is 0 Å². The number of phosphoric acid groups is 1. The van der Waals surface area contributed by atoms with E-state index >= 15 is 0 Å². The Hall–Kier alpha value is -3.11. The summed E-state index contributed by atoms with van der Waals surface area (Å²) in [5.41, 5.74) is 6.88. The van der Waals surface area contributed by atoms with Gasteiger partial charge in [-0.1, -0.05) is 77.6 Å². The molecule has 0 aliphatic heterocycles. The molecule has 0 fully saturated rings. The van der Waals surface area contributed by atoms with E-state index in [0.29, 0.717) is 36.5 Å². The van der Waals surface area contributed by atoms with Gasteiger partial charge in [0.25, 0.3) is 0 Å². The van der Waals surface area contributed by atoms with Crippen LogP contribution in [0.5, 0.6) is 5.75 Å². The summed E-state index contributed by atoms with van der Waals surface area (Å²) in [5.74, 6) is 0.761. The normalized spacial score (nSPS) is 14.7. The minimum atomic E-state index is -4.49. The molecule has 0 bridgehead atoms. The van der Waals surface area contributed by atoms with Crippen LogP contribution in [0.15, 0.2) is 36.8 Å². The monoisotopic (exact) mass is 702 g/mol. The molecule has 13 nitrogen and oxygen atoms in total. The number of nitrogens with two attached hydrogens (primary N) is 1. The van der Waals surface area contributed by atoms with Crippen molar-refractivity contribution in [3.8, 4) is 11.8 Å². The maximum atomic E-state index is 12.9. The van der Waals surface area contributed by atoms with Crippen molar-refractivity contribution >= 4 is 19.2 Å². The Morgan fingerprint density at radius 3 is 2.31 bits per heavy atom. The lowest BCUT2D eigenvalue weighted by Crippen LogP contribution is -2.34. The van der Waals surface area contributed by atoms with E-state index in [9.17, 15) is 9.46 Å². The number of aryl methyl sites for hydroxylation is 1. The van der Waals surface area contributed by atoms with Crippen LogP contribution in [-0.2, 0) is 29.5 Å². The fourth-order valence-corrected chi connectivity index (χ4v) is 6.20. The zero-order chi connectivity index (χ0) is 35.4. The molecule has 272 valence electrons. The molecule has 3 aromatic heterocycles. The van der Waals surface area contributed by atoms with Gasteiger partial charge in [-0.15, -0.1) is 0 Å². The standard InChI is InChI=1S/C35H55N6O7P/c1-4-5-6-7-8-9-10-11-12-13-14-15-22-45-25-32(48-31-18-16-29(23-36)38-24-31)26-46-49(42,43)47-27-35(2,44-3)21-20-30-17-19-33-34(37)39-28-40-41(30)33/h16-19,24,28,32H,4-15,20-22,25-27H2,1-3H3,(H,42,43)(H2,37,39,40)/t32-,35+/m1/s1. The van der Waals surface area contributed by atoms with E-state index in [1.54, 1.807) is 17.5 Å². The number of hydrogen-bond acceptors (Lipinski definition) is 11. The molecule has 1 unspecified atom stereocenters. The van der Waals surface area contributed by atoms with Crippen LogP contribution in [0.1, 0.15) is 109 Å². The van der Waals surface area contributed by atoms with Gasteiger partial charge in [-0.3, -0.25) is 9.05 Å². The Balaban J connectivity index is 1.42. The first kappa shape index (κ1) is 40.3. The van der Waals surface area contributed by atoms with Crippen molar-refractivity contribution in [2.24, 2.45) is 0 Å². The van der Waals surface area contributed by atoms with E-state index in [1.165, 1.54) is 89.9 Å². The predicted octanol–water partition coefficient (Wildman–Crippen LogP) is 7.21. The quantitative estimate of drug-likeness (QED) is 0.0604. The molecule has 0 saturated heterocycles. The zero-order valence-electron chi connectivity index (χ0n) is 29.4. The van der Waals surface area contributed by atoms with Crippen LogP contribution in [0, 0.1) is 11.3 Å². The molecular weight excluding hydrogens is 647 g/mol. The number of hydrogen-bond donors (Lipinski definition) is 2. The molecule has 0 saturated carbocycles. The Kier molecular flexibility index (Phi) is 18.0. The van der Waals surface area contributed by atoms with Gasteiger partial charge in [0.15, 0.2) is 5.82 Å². The van der Waals surface area contributed by atoms with Crippen molar-refractivity contribution in [2.45, 2.75) is 115 Å². The lowest BCUT2D eigenvalue weighted by atomic mass is 10.00. The van der Waals surface area contributed by atoms with Crippen LogP contribution in [0.25, 0.3) is 5.52 Å². The molecule has 0 spiro atoms. The lowest BCUT2D eigenvalue weighted by molar-refractivity contribution is -0.0471. The molecule has 3 N–H and O–H groups in total. The average Bonchev–Trinajstić information content (AvgIpc) is 3.53. The molecule has 0 amide bonds. The lowest BCUT2D eigenvalue weighted by Gasteiger charge is -2.29. The Labute approximate surface area is 291 Å². The predicted molar refractivity (Wildman–Crippen MR) is 188 cm³/mol. The van der Waals surface area contributed by atoms with Gasteiger partial charge in [0, 0.05) is 19.4 Å². The van der Waals surface area contributed by atoms with E-state index < -0.39 is 19.5 Å². The average molecular weight is 703 g/mol. The van der Waals surface area contributed by atoms with E-state index in [4.69, 9.17) is 34.3 Å². The van der Waals surface area contributed by atoms with Crippen LogP contribution in [-0.4, -0.2) is 69.7 Å². The van der Waals surface area contributed by atoms with Crippen LogP contribution >= 0.6 is 7.82 Å². The number of nitriles is 1. The molecule has 3 atom stereocenters. The summed E-state index contributed by atoms with van der Waals surface area (Å²) < 4.78 is 42.9. The van der Waals surface area contributed by atoms with Crippen molar-refractivity contribution in [2.75, 3.05) is 39.3 Å². The van der Waals surface area contributed by atoms with Gasteiger partial charge in [0.1, 0.15) is 35.5 Å². The molecule has 49 heavy (non-hydrogen) atoms. The van der Waals surface area contributed by atoms with Gasteiger partial charge in [-0.2, -0.15) is 10.4 Å². The first-order chi connectivity index (χ1) is 23.7. The highest BCUT2D eigenvalue weighted by molar-refractivity contribution is 7.47. The second-order valence-corrected chi connectivity index (χ2v) is 14.1. The number of rotatable bonds is 27. The SMILES string of the molecule is CCCCCCCCCCCCCCOC[C@H](COP(=O)(O)OC[C@](C)(CCc1ccc2c(N)ncnn12)OC)Oc1ccc(C#N)nc1. The topological polar surface area (TPSA) is 176 Å². The highest BCUT2D eigenvalue weighted by Crippen LogP contribution is 2.44. The van der Waals surface area contributed by atoms with Gasteiger partial charge >= 0.3 is 7.82 Å². The van der Waals surface area contributed by atoms with Crippen molar-refractivity contribution in [3.63, 3.8) is 0 Å². The minimum Gasteiger partial charge on any atom is -0.484 e. The minimum absolute atomic E-state index is 0.132. The summed E-state index contributed by atoms with van der Waals surface area (Å²) in [6, 6.07) is 8.86. The van der Waals surface area contributed by atoms with E-state index in [-0.39, 0.29) is 25.5 Å². The van der Waals surface area contributed by atoms with E-state index in [0.717, 1.165) is 18.5 Å². The molecule has 3 heterocycles. The second-order valence-electron chi connectivity index (χ2n) is 12.7. The fraction of sp³-hybridized carbons (Fsp3) is 0.657. The van der Waals surface area contributed by atoms with Crippen LogP contribution in [0.4, 0.5) is 5.82 Å². The van der Waals surface area contributed by atoms with Gasteiger partial charge in [-0.05, 0) is 50.5 Å². The number of phosphoric ester groups is 1. The summed E-state index contributed by atoms with van der Waals surface area (Å²) in [7, 11) is -2.97. The van der Waals surface area contributed by atoms with Crippen molar-refractivity contribution in [1.29, 1.82) is 5.26 Å². The highest BCUT2D eigenvalue weighted by Gasteiger charge is 2.32. The number of aromatic nitrogens is 4. The number of unbranched alkanes of at least 4 members (excludes halogenated alkanes) is 11. The number of nitrogens with zero attached hydrogens (tertiary/aromatic N) is 5.